The highest BCUT2D eigenvalue weighted by Gasteiger charge is 2.37. The number of carbonyl (C=O) groups excluding carboxylic acids is 1. The fourth-order valence-corrected chi connectivity index (χ4v) is 3.68. The number of methoxy groups -OCH3 is 1. The predicted octanol–water partition coefficient (Wildman–Crippen LogP) is 4.32. The summed E-state index contributed by atoms with van der Waals surface area (Å²) in [5.41, 5.74) is 5.15. The van der Waals surface area contributed by atoms with Gasteiger partial charge in [-0.1, -0.05) is 24.3 Å². The summed E-state index contributed by atoms with van der Waals surface area (Å²) in [5.74, 6) is 0.361. The van der Waals surface area contributed by atoms with Gasteiger partial charge in [-0.3, -0.25) is 4.98 Å². The van der Waals surface area contributed by atoms with Crippen LogP contribution in [0, 0.1) is 6.92 Å². The summed E-state index contributed by atoms with van der Waals surface area (Å²) in [7, 11) is 1.41. The Morgan fingerprint density at radius 3 is 2.78 bits per heavy atom. The molecule has 0 unspecified atom stereocenters. The summed E-state index contributed by atoms with van der Waals surface area (Å²) in [6.07, 6.45) is 3.47. The maximum Gasteiger partial charge on any atom is 0.354 e. The van der Waals surface area contributed by atoms with Crippen LogP contribution >= 0.6 is 0 Å². The first kappa shape index (κ1) is 17.3. The van der Waals surface area contributed by atoms with Crippen molar-refractivity contribution in [2.24, 2.45) is 0 Å². The lowest BCUT2D eigenvalue weighted by Crippen LogP contribution is -2.29. The second kappa shape index (κ2) is 6.27. The van der Waals surface area contributed by atoms with Gasteiger partial charge in [0, 0.05) is 23.9 Å². The molecule has 3 aromatic rings. The largest absolute Gasteiger partial charge is 0.481 e. The number of hydrogen-bond acceptors (Lipinski definition) is 4. The van der Waals surface area contributed by atoms with Crippen LogP contribution in [0.25, 0.3) is 11.3 Å². The monoisotopic (exact) mass is 362 g/mol. The molecule has 0 spiro atoms. The summed E-state index contributed by atoms with van der Waals surface area (Å²) in [5, 5.41) is 0. The van der Waals surface area contributed by atoms with E-state index >= 15 is 0 Å². The number of aromatic nitrogens is 2. The molecule has 1 aliphatic heterocycles. The van der Waals surface area contributed by atoms with Gasteiger partial charge in [0.25, 0.3) is 0 Å². The molecule has 0 bridgehead atoms. The van der Waals surface area contributed by atoms with Crippen LogP contribution in [0.2, 0.25) is 0 Å². The Hall–Kier alpha value is -3.08. The Labute approximate surface area is 158 Å². The van der Waals surface area contributed by atoms with E-state index in [0.29, 0.717) is 12.2 Å². The molecule has 3 heterocycles. The summed E-state index contributed by atoms with van der Waals surface area (Å²) >= 11 is 0. The van der Waals surface area contributed by atoms with E-state index in [1.54, 1.807) is 12.4 Å². The van der Waals surface area contributed by atoms with E-state index < -0.39 is 5.60 Å². The molecule has 4 rings (SSSR count). The number of fused-ring (bicyclic) bond motifs is 3. The van der Waals surface area contributed by atoms with E-state index in [9.17, 15) is 4.79 Å². The molecule has 0 atom stereocenters. The first-order valence-corrected chi connectivity index (χ1v) is 8.92. The van der Waals surface area contributed by atoms with Gasteiger partial charge in [-0.2, -0.15) is 0 Å². The summed E-state index contributed by atoms with van der Waals surface area (Å²) in [6.45, 7) is 6.65. The van der Waals surface area contributed by atoms with Gasteiger partial charge in [0.2, 0.25) is 0 Å². The van der Waals surface area contributed by atoms with Gasteiger partial charge in [-0.25, -0.2) is 4.79 Å². The SMILES string of the molecule is COC(=O)c1cc2c(n1Cc1ccccc1C)-c1ccncc1OC2(C)C. The normalized spacial score (nSPS) is 14.1. The second-order valence-electron chi connectivity index (χ2n) is 7.28. The van der Waals surface area contributed by atoms with Crippen molar-refractivity contribution in [3.05, 3.63) is 71.2 Å². The van der Waals surface area contributed by atoms with Crippen LogP contribution in [-0.4, -0.2) is 22.6 Å². The van der Waals surface area contributed by atoms with Gasteiger partial charge < -0.3 is 14.0 Å². The van der Waals surface area contributed by atoms with Gasteiger partial charge in [-0.05, 0) is 44.0 Å². The average molecular weight is 362 g/mol. The fraction of sp³-hybridized carbons (Fsp3) is 0.273. The van der Waals surface area contributed by atoms with Gasteiger partial charge in [0.15, 0.2) is 0 Å². The fourth-order valence-electron chi connectivity index (χ4n) is 3.68. The van der Waals surface area contributed by atoms with Crippen molar-refractivity contribution >= 4 is 5.97 Å². The van der Waals surface area contributed by atoms with Crippen molar-refractivity contribution in [3.8, 4) is 17.0 Å². The molecule has 2 aromatic heterocycles. The number of benzene rings is 1. The van der Waals surface area contributed by atoms with E-state index in [1.807, 2.05) is 42.7 Å². The quantitative estimate of drug-likeness (QED) is 0.651. The molecule has 0 fully saturated rings. The predicted molar refractivity (Wildman–Crippen MR) is 103 cm³/mol. The Morgan fingerprint density at radius 2 is 2.04 bits per heavy atom. The molecule has 5 heteroatoms. The average Bonchev–Trinajstić information content (AvgIpc) is 3.03. The number of aryl methyl sites for hydroxylation is 1. The molecule has 27 heavy (non-hydrogen) atoms. The zero-order valence-corrected chi connectivity index (χ0v) is 15.9. The zero-order chi connectivity index (χ0) is 19.2. The zero-order valence-electron chi connectivity index (χ0n) is 15.9. The molecule has 0 N–H and O–H groups in total. The summed E-state index contributed by atoms with van der Waals surface area (Å²) in [6, 6.07) is 12.0. The van der Waals surface area contributed by atoms with Crippen molar-refractivity contribution in [1.29, 1.82) is 0 Å². The van der Waals surface area contributed by atoms with Crippen LogP contribution in [0.15, 0.2) is 48.8 Å². The Bertz CT molecular complexity index is 1030. The lowest BCUT2D eigenvalue weighted by molar-refractivity contribution is 0.0589. The van der Waals surface area contributed by atoms with Crippen molar-refractivity contribution in [1.82, 2.24) is 9.55 Å². The van der Waals surface area contributed by atoms with Crippen LogP contribution in [0.4, 0.5) is 0 Å². The minimum Gasteiger partial charge on any atom is -0.481 e. The van der Waals surface area contributed by atoms with Gasteiger partial charge in [0.1, 0.15) is 17.0 Å². The van der Waals surface area contributed by atoms with Crippen molar-refractivity contribution < 1.29 is 14.3 Å². The standard InChI is InChI=1S/C22H22N2O3/c1-14-7-5-6-8-15(14)13-24-18(21(25)26-4)11-17-20(24)16-9-10-23-12-19(16)27-22(17,2)3/h5-12H,13H2,1-4H3. The van der Waals surface area contributed by atoms with Crippen molar-refractivity contribution in [2.45, 2.75) is 32.9 Å². The molecule has 0 saturated heterocycles. The molecule has 0 saturated carbocycles. The first-order chi connectivity index (χ1) is 12.9. The highest BCUT2D eigenvalue weighted by atomic mass is 16.5. The minimum absolute atomic E-state index is 0.357. The number of rotatable bonds is 3. The molecule has 0 aliphatic carbocycles. The van der Waals surface area contributed by atoms with Gasteiger partial charge in [0.05, 0.1) is 19.0 Å². The molecular formula is C22H22N2O3. The Kier molecular flexibility index (Phi) is 4.02. The number of carbonyl (C=O) groups is 1. The van der Waals surface area contributed by atoms with E-state index in [-0.39, 0.29) is 5.97 Å². The lowest BCUT2D eigenvalue weighted by atomic mass is 9.92. The van der Waals surface area contributed by atoms with Crippen LogP contribution in [0.5, 0.6) is 5.75 Å². The Morgan fingerprint density at radius 1 is 1.26 bits per heavy atom. The number of esters is 1. The van der Waals surface area contributed by atoms with E-state index in [4.69, 9.17) is 9.47 Å². The van der Waals surface area contributed by atoms with E-state index in [0.717, 1.165) is 28.1 Å². The first-order valence-electron chi connectivity index (χ1n) is 8.92. The molecule has 0 amide bonds. The number of nitrogens with zero attached hydrogens (tertiary/aromatic N) is 2. The smallest absolute Gasteiger partial charge is 0.354 e. The van der Waals surface area contributed by atoms with Crippen molar-refractivity contribution in [2.75, 3.05) is 7.11 Å². The third-order valence-electron chi connectivity index (χ3n) is 5.13. The minimum atomic E-state index is -0.578. The molecule has 0 radical (unpaired) electrons. The lowest BCUT2D eigenvalue weighted by Gasteiger charge is -2.33. The van der Waals surface area contributed by atoms with Gasteiger partial charge in [-0.15, -0.1) is 0 Å². The third kappa shape index (κ3) is 2.79. The second-order valence-corrected chi connectivity index (χ2v) is 7.28. The maximum absolute atomic E-state index is 12.6. The molecular weight excluding hydrogens is 340 g/mol. The maximum atomic E-state index is 12.6. The number of hydrogen-bond donors (Lipinski definition) is 0. The molecule has 138 valence electrons. The van der Waals surface area contributed by atoms with Crippen LogP contribution < -0.4 is 4.74 Å². The molecule has 1 aliphatic rings. The number of pyridine rings is 1. The topological polar surface area (TPSA) is 53.4 Å². The van der Waals surface area contributed by atoms with Crippen LogP contribution in [0.1, 0.15) is 41.0 Å². The third-order valence-corrected chi connectivity index (χ3v) is 5.13. The van der Waals surface area contributed by atoms with Crippen LogP contribution in [0.3, 0.4) is 0 Å². The van der Waals surface area contributed by atoms with Crippen molar-refractivity contribution in [3.63, 3.8) is 0 Å². The Balaban J connectivity index is 1.99. The molecule has 5 nitrogen and oxygen atoms in total. The number of ether oxygens (including phenoxy) is 2. The highest BCUT2D eigenvalue weighted by molar-refractivity contribution is 5.91. The van der Waals surface area contributed by atoms with E-state index in [1.165, 1.54) is 12.7 Å². The van der Waals surface area contributed by atoms with E-state index in [2.05, 4.69) is 24.0 Å². The highest BCUT2D eigenvalue weighted by Crippen LogP contribution is 2.46. The summed E-state index contributed by atoms with van der Waals surface area (Å²) in [4.78, 5) is 16.8. The molecule has 1 aromatic carbocycles. The van der Waals surface area contributed by atoms with Crippen LogP contribution in [-0.2, 0) is 16.9 Å². The summed E-state index contributed by atoms with van der Waals surface area (Å²) < 4.78 is 13.3. The van der Waals surface area contributed by atoms with Gasteiger partial charge >= 0.3 is 5.97 Å².